The van der Waals surface area contributed by atoms with Crippen LogP contribution >= 0.6 is 0 Å². The molecule has 3 amide bonds. The monoisotopic (exact) mass is 301 g/mol. The van der Waals surface area contributed by atoms with Crippen LogP contribution in [0.15, 0.2) is 0 Å². The Balaban J connectivity index is 2.20. The fourth-order valence-corrected chi connectivity index (χ4v) is 2.17. The molecular weight excluding hydrogens is 278 g/mol. The number of ether oxygens (including phenoxy) is 1. The second kappa shape index (κ2) is 8.46. The molecule has 0 aromatic carbocycles. The molecular formula is C13H23N3O5. The molecule has 1 rings (SSSR count). The number of aliphatic carboxylic acids is 1. The van der Waals surface area contributed by atoms with Gasteiger partial charge in [0, 0.05) is 39.6 Å². The highest BCUT2D eigenvalue weighted by Gasteiger charge is 2.27. The molecule has 1 aliphatic rings. The highest BCUT2D eigenvalue weighted by Crippen LogP contribution is 2.17. The van der Waals surface area contributed by atoms with Crippen molar-refractivity contribution in [3.63, 3.8) is 0 Å². The molecule has 0 radical (unpaired) electrons. The van der Waals surface area contributed by atoms with Crippen molar-refractivity contribution < 1.29 is 24.2 Å². The van der Waals surface area contributed by atoms with Crippen molar-refractivity contribution in [3.8, 4) is 0 Å². The molecule has 120 valence electrons. The molecule has 21 heavy (non-hydrogen) atoms. The third kappa shape index (κ3) is 5.99. The second-order valence-corrected chi connectivity index (χ2v) is 5.18. The van der Waals surface area contributed by atoms with Crippen LogP contribution in [0.4, 0.5) is 4.79 Å². The van der Waals surface area contributed by atoms with E-state index in [-0.39, 0.29) is 31.1 Å². The van der Waals surface area contributed by atoms with Gasteiger partial charge < -0.3 is 25.0 Å². The average Bonchev–Trinajstić information content (AvgIpc) is 2.45. The number of carbonyl (C=O) groups is 3. The number of amides is 3. The van der Waals surface area contributed by atoms with E-state index in [1.54, 1.807) is 19.0 Å². The highest BCUT2D eigenvalue weighted by atomic mass is 16.5. The van der Waals surface area contributed by atoms with Crippen molar-refractivity contribution >= 4 is 17.9 Å². The van der Waals surface area contributed by atoms with Crippen molar-refractivity contribution in [1.82, 2.24) is 15.1 Å². The van der Waals surface area contributed by atoms with Gasteiger partial charge >= 0.3 is 12.0 Å². The van der Waals surface area contributed by atoms with E-state index in [4.69, 9.17) is 9.84 Å². The van der Waals surface area contributed by atoms with Gasteiger partial charge in [-0.15, -0.1) is 0 Å². The molecule has 0 atom stereocenters. The summed E-state index contributed by atoms with van der Waals surface area (Å²) in [4.78, 5) is 37.2. The fourth-order valence-electron chi connectivity index (χ4n) is 2.17. The minimum Gasteiger partial charge on any atom is -0.480 e. The van der Waals surface area contributed by atoms with Crippen molar-refractivity contribution in [2.75, 3.05) is 46.9 Å². The lowest BCUT2D eigenvalue weighted by molar-refractivity contribution is -0.142. The van der Waals surface area contributed by atoms with Crippen LogP contribution in [0.2, 0.25) is 0 Å². The van der Waals surface area contributed by atoms with E-state index in [0.717, 1.165) is 0 Å². The number of piperidine rings is 1. The Morgan fingerprint density at radius 2 is 1.90 bits per heavy atom. The van der Waals surface area contributed by atoms with Gasteiger partial charge in [-0.25, -0.2) is 9.59 Å². The zero-order valence-electron chi connectivity index (χ0n) is 12.5. The predicted octanol–water partition coefficient (Wildman–Crippen LogP) is -0.403. The average molecular weight is 301 g/mol. The van der Waals surface area contributed by atoms with Crippen LogP contribution in [0.5, 0.6) is 0 Å². The SMILES string of the molecule is CN(C)C(=O)N1CCC(C(=O)NCCOCC(=O)O)CC1. The number of hydrogen-bond donors (Lipinski definition) is 2. The summed E-state index contributed by atoms with van der Waals surface area (Å²) in [6.07, 6.45) is 1.28. The van der Waals surface area contributed by atoms with E-state index in [1.165, 1.54) is 4.90 Å². The molecule has 0 aliphatic carbocycles. The molecule has 0 unspecified atom stereocenters. The van der Waals surface area contributed by atoms with Crippen LogP contribution in [-0.2, 0) is 14.3 Å². The van der Waals surface area contributed by atoms with Gasteiger partial charge in [-0.2, -0.15) is 0 Å². The van der Waals surface area contributed by atoms with Gasteiger partial charge in [-0.3, -0.25) is 4.79 Å². The first-order valence-electron chi connectivity index (χ1n) is 6.95. The summed E-state index contributed by atoms with van der Waals surface area (Å²) >= 11 is 0. The van der Waals surface area contributed by atoms with Crippen LogP contribution in [-0.4, -0.2) is 79.8 Å². The maximum absolute atomic E-state index is 11.9. The first-order valence-corrected chi connectivity index (χ1v) is 6.95. The van der Waals surface area contributed by atoms with E-state index in [2.05, 4.69) is 5.32 Å². The van der Waals surface area contributed by atoms with Gasteiger partial charge in [-0.05, 0) is 12.8 Å². The van der Waals surface area contributed by atoms with Gasteiger partial charge in [0.05, 0.1) is 6.61 Å². The largest absolute Gasteiger partial charge is 0.480 e. The van der Waals surface area contributed by atoms with E-state index in [1.807, 2.05) is 0 Å². The van der Waals surface area contributed by atoms with Gasteiger partial charge in [-0.1, -0.05) is 0 Å². The number of nitrogens with one attached hydrogen (secondary N) is 1. The Bertz CT molecular complexity index is 378. The number of carbonyl (C=O) groups excluding carboxylic acids is 2. The van der Waals surface area contributed by atoms with Crippen molar-refractivity contribution in [2.45, 2.75) is 12.8 Å². The van der Waals surface area contributed by atoms with Gasteiger partial charge in [0.1, 0.15) is 6.61 Å². The molecule has 0 aromatic rings. The zero-order chi connectivity index (χ0) is 15.8. The number of nitrogens with zero attached hydrogens (tertiary/aromatic N) is 2. The van der Waals surface area contributed by atoms with Crippen molar-refractivity contribution in [2.24, 2.45) is 5.92 Å². The van der Waals surface area contributed by atoms with Crippen LogP contribution in [0, 0.1) is 5.92 Å². The first kappa shape index (κ1) is 17.2. The van der Waals surface area contributed by atoms with E-state index in [9.17, 15) is 14.4 Å². The molecule has 1 fully saturated rings. The van der Waals surface area contributed by atoms with Crippen molar-refractivity contribution in [3.05, 3.63) is 0 Å². The van der Waals surface area contributed by atoms with E-state index < -0.39 is 5.97 Å². The summed E-state index contributed by atoms with van der Waals surface area (Å²) < 4.78 is 4.84. The van der Waals surface area contributed by atoms with Crippen LogP contribution < -0.4 is 5.32 Å². The number of carboxylic acids is 1. The number of carboxylic acid groups (broad SMARTS) is 1. The maximum Gasteiger partial charge on any atom is 0.329 e. The maximum atomic E-state index is 11.9. The Labute approximate surface area is 124 Å². The zero-order valence-corrected chi connectivity index (χ0v) is 12.5. The van der Waals surface area contributed by atoms with Gasteiger partial charge in [0.15, 0.2) is 0 Å². The Kier molecular flexibility index (Phi) is 6.93. The Hall–Kier alpha value is -1.83. The number of rotatable bonds is 6. The van der Waals surface area contributed by atoms with E-state index >= 15 is 0 Å². The smallest absolute Gasteiger partial charge is 0.329 e. The van der Waals surface area contributed by atoms with Crippen LogP contribution in [0.25, 0.3) is 0 Å². The second-order valence-electron chi connectivity index (χ2n) is 5.18. The minimum absolute atomic E-state index is 0.0315. The lowest BCUT2D eigenvalue weighted by atomic mass is 9.96. The standard InChI is InChI=1S/C13H23N3O5/c1-15(2)13(20)16-6-3-10(4-7-16)12(19)14-5-8-21-9-11(17)18/h10H,3-9H2,1-2H3,(H,14,19)(H,17,18). The summed E-state index contributed by atoms with van der Waals surface area (Å²) in [5, 5.41) is 11.1. The molecule has 8 nitrogen and oxygen atoms in total. The minimum atomic E-state index is -1.03. The summed E-state index contributed by atoms with van der Waals surface area (Å²) in [5.41, 5.74) is 0. The topological polar surface area (TPSA) is 99.2 Å². The highest BCUT2D eigenvalue weighted by molar-refractivity contribution is 5.79. The van der Waals surface area contributed by atoms with Crippen LogP contribution in [0.3, 0.4) is 0 Å². The van der Waals surface area contributed by atoms with Crippen molar-refractivity contribution in [1.29, 1.82) is 0 Å². The lowest BCUT2D eigenvalue weighted by Gasteiger charge is -2.33. The predicted molar refractivity (Wildman–Crippen MR) is 74.8 cm³/mol. The van der Waals surface area contributed by atoms with Gasteiger partial charge in [0.2, 0.25) is 5.91 Å². The lowest BCUT2D eigenvalue weighted by Crippen LogP contribution is -2.46. The van der Waals surface area contributed by atoms with Gasteiger partial charge in [0.25, 0.3) is 0 Å². The van der Waals surface area contributed by atoms with Crippen LogP contribution in [0.1, 0.15) is 12.8 Å². The molecule has 8 heteroatoms. The number of hydrogen-bond acceptors (Lipinski definition) is 4. The molecule has 0 spiro atoms. The van der Waals surface area contributed by atoms with E-state index in [0.29, 0.717) is 32.5 Å². The third-order valence-electron chi connectivity index (χ3n) is 3.29. The Morgan fingerprint density at radius 1 is 1.29 bits per heavy atom. The normalized spacial score (nSPS) is 15.6. The summed E-state index contributed by atoms with van der Waals surface area (Å²) in [6, 6.07) is -0.0315. The molecule has 1 saturated heterocycles. The molecule has 1 heterocycles. The summed E-state index contributed by atoms with van der Waals surface area (Å²) in [7, 11) is 3.41. The molecule has 2 N–H and O–H groups in total. The summed E-state index contributed by atoms with van der Waals surface area (Å²) in [6.45, 7) is 1.26. The summed E-state index contributed by atoms with van der Waals surface area (Å²) in [5.74, 6) is -1.19. The quantitative estimate of drug-likeness (QED) is 0.650. The molecule has 0 bridgehead atoms. The molecule has 0 aromatic heterocycles. The number of likely N-dealkylation sites (tertiary alicyclic amines) is 1. The molecule has 0 saturated carbocycles. The first-order chi connectivity index (χ1) is 9.91. The third-order valence-corrected chi connectivity index (χ3v) is 3.29. The fraction of sp³-hybridized carbons (Fsp3) is 0.769. The molecule has 1 aliphatic heterocycles. The number of urea groups is 1. The Morgan fingerprint density at radius 3 is 2.43 bits per heavy atom.